The zero-order valence-corrected chi connectivity index (χ0v) is 16.6. The molecule has 0 N–H and O–H groups in total. The first-order valence-electron chi connectivity index (χ1n) is 10.3. The van der Waals surface area contributed by atoms with Gasteiger partial charge in [-0.1, -0.05) is 74.7 Å². The average molecular weight is 391 g/mol. The van der Waals surface area contributed by atoms with Crippen LogP contribution in [0.5, 0.6) is 0 Å². The Hall–Kier alpha value is -2.95. The van der Waals surface area contributed by atoms with E-state index in [0.717, 1.165) is 46.4 Å². The maximum absolute atomic E-state index is 12.8. The van der Waals surface area contributed by atoms with Crippen LogP contribution in [0.3, 0.4) is 0 Å². The Morgan fingerprint density at radius 3 is 2.24 bits per heavy atom. The van der Waals surface area contributed by atoms with Gasteiger partial charge in [-0.25, -0.2) is 9.69 Å². The molecule has 5 heteroatoms. The zero-order valence-electron chi connectivity index (χ0n) is 16.6. The van der Waals surface area contributed by atoms with Crippen LogP contribution >= 0.6 is 0 Å². The first-order valence-corrected chi connectivity index (χ1v) is 10.3. The number of carbonyl (C=O) groups is 3. The van der Waals surface area contributed by atoms with Gasteiger partial charge in [-0.15, -0.1) is 0 Å². The summed E-state index contributed by atoms with van der Waals surface area (Å²) in [6.07, 6.45) is 2.40. The van der Waals surface area contributed by atoms with E-state index in [9.17, 15) is 14.4 Å². The molecule has 0 bridgehead atoms. The lowest BCUT2D eigenvalue weighted by Crippen LogP contribution is -2.41. The Balaban J connectivity index is 1.49. The minimum atomic E-state index is -0.704. The molecule has 4 rings (SSSR count). The summed E-state index contributed by atoms with van der Waals surface area (Å²) in [5.74, 6) is -0.702. The monoisotopic (exact) mass is 391 g/mol. The van der Waals surface area contributed by atoms with Crippen LogP contribution in [0.15, 0.2) is 48.5 Å². The number of fused-ring (bicyclic) bond motifs is 3. The fourth-order valence-electron chi connectivity index (χ4n) is 4.44. The molecule has 0 aromatic heterocycles. The lowest BCUT2D eigenvalue weighted by atomic mass is 9.98. The molecule has 5 nitrogen and oxygen atoms in total. The van der Waals surface area contributed by atoms with E-state index in [-0.39, 0.29) is 24.7 Å². The molecule has 2 aromatic rings. The second kappa shape index (κ2) is 8.19. The Bertz CT molecular complexity index is 906. The van der Waals surface area contributed by atoms with Gasteiger partial charge in [-0.3, -0.25) is 9.59 Å². The number of likely N-dealkylation sites (tertiary alicyclic amines) is 1. The summed E-state index contributed by atoms with van der Waals surface area (Å²) in [5.41, 5.74) is 4.53. The molecule has 1 saturated heterocycles. The van der Waals surface area contributed by atoms with Crippen LogP contribution in [0.25, 0.3) is 11.1 Å². The minimum Gasteiger partial charge on any atom is -0.448 e. The van der Waals surface area contributed by atoms with Crippen LogP contribution in [0, 0.1) is 0 Å². The number of Topliss-reactive ketones (excluding diaryl/α,β-unsaturated/α-hetero) is 1. The van der Waals surface area contributed by atoms with Crippen molar-refractivity contribution in [2.75, 3.05) is 6.61 Å². The Morgan fingerprint density at radius 1 is 1.00 bits per heavy atom. The molecule has 0 unspecified atom stereocenters. The lowest BCUT2D eigenvalue weighted by Gasteiger charge is -2.22. The maximum Gasteiger partial charge on any atom is 0.417 e. The fraction of sp³-hybridized carbons (Fsp3) is 0.375. The summed E-state index contributed by atoms with van der Waals surface area (Å²) in [4.78, 5) is 38.3. The molecule has 0 radical (unpaired) electrons. The normalized spacial score (nSPS) is 18.1. The molecule has 1 aliphatic carbocycles. The number of amides is 2. The van der Waals surface area contributed by atoms with Crippen molar-refractivity contribution < 1.29 is 19.1 Å². The highest BCUT2D eigenvalue weighted by Gasteiger charge is 2.43. The maximum atomic E-state index is 12.8. The van der Waals surface area contributed by atoms with Gasteiger partial charge in [0.2, 0.25) is 5.91 Å². The quantitative estimate of drug-likeness (QED) is 0.530. The molecule has 1 atom stereocenters. The molecule has 1 aliphatic heterocycles. The van der Waals surface area contributed by atoms with Crippen LogP contribution in [-0.2, 0) is 14.3 Å². The summed E-state index contributed by atoms with van der Waals surface area (Å²) in [6.45, 7) is 2.22. The smallest absolute Gasteiger partial charge is 0.417 e. The fourth-order valence-corrected chi connectivity index (χ4v) is 4.44. The molecule has 2 aliphatic rings. The van der Waals surface area contributed by atoms with Gasteiger partial charge in [0, 0.05) is 5.92 Å². The van der Waals surface area contributed by atoms with E-state index in [2.05, 4.69) is 19.1 Å². The van der Waals surface area contributed by atoms with Crippen molar-refractivity contribution in [1.82, 2.24) is 4.90 Å². The number of hydrogen-bond donors (Lipinski definition) is 0. The lowest BCUT2D eigenvalue weighted by molar-refractivity contribution is -0.127. The average Bonchev–Trinajstić information content (AvgIpc) is 3.20. The molecule has 29 heavy (non-hydrogen) atoms. The third kappa shape index (κ3) is 3.57. The number of ketones is 1. The summed E-state index contributed by atoms with van der Waals surface area (Å²) < 4.78 is 5.59. The van der Waals surface area contributed by atoms with E-state index in [1.165, 1.54) is 0 Å². The summed E-state index contributed by atoms with van der Waals surface area (Å²) in [6, 6.07) is 15.5. The van der Waals surface area contributed by atoms with Crippen molar-refractivity contribution in [2.45, 2.75) is 51.0 Å². The van der Waals surface area contributed by atoms with E-state index in [1.54, 1.807) is 0 Å². The highest BCUT2D eigenvalue weighted by Crippen LogP contribution is 2.44. The third-order valence-corrected chi connectivity index (χ3v) is 5.89. The molecular weight excluding hydrogens is 366 g/mol. The zero-order chi connectivity index (χ0) is 20.4. The van der Waals surface area contributed by atoms with Crippen LogP contribution in [-0.4, -0.2) is 35.3 Å². The standard InChI is InChI=1S/C24H25NO4/c1-2-3-4-13-21-22(26)14-23(27)25(21)24(28)29-15-20-18-11-7-5-9-16(18)17-10-6-8-12-19(17)20/h5-12,20-21H,2-4,13-15H2,1H3/t21-/m0/s1. The molecule has 2 amide bonds. The van der Waals surface area contributed by atoms with Crippen molar-refractivity contribution in [3.05, 3.63) is 59.7 Å². The predicted octanol–water partition coefficient (Wildman–Crippen LogP) is 4.69. The first-order chi connectivity index (χ1) is 14.1. The predicted molar refractivity (Wildman–Crippen MR) is 109 cm³/mol. The second-order valence-electron chi connectivity index (χ2n) is 7.72. The van der Waals surface area contributed by atoms with Crippen LogP contribution in [0.2, 0.25) is 0 Å². The summed E-state index contributed by atoms with van der Waals surface area (Å²) >= 11 is 0. The van der Waals surface area contributed by atoms with Gasteiger partial charge in [0.05, 0.1) is 6.42 Å². The van der Waals surface area contributed by atoms with Crippen molar-refractivity contribution in [1.29, 1.82) is 0 Å². The Labute approximate surface area is 170 Å². The number of benzene rings is 2. The van der Waals surface area contributed by atoms with Crippen molar-refractivity contribution in [3.63, 3.8) is 0 Å². The van der Waals surface area contributed by atoms with E-state index < -0.39 is 18.0 Å². The van der Waals surface area contributed by atoms with E-state index in [4.69, 9.17) is 4.74 Å². The van der Waals surface area contributed by atoms with Crippen LogP contribution < -0.4 is 0 Å². The second-order valence-corrected chi connectivity index (χ2v) is 7.72. The molecule has 0 saturated carbocycles. The van der Waals surface area contributed by atoms with Crippen molar-refractivity contribution in [3.8, 4) is 11.1 Å². The van der Waals surface area contributed by atoms with Crippen molar-refractivity contribution >= 4 is 17.8 Å². The van der Waals surface area contributed by atoms with E-state index in [0.29, 0.717) is 6.42 Å². The molecule has 2 aromatic carbocycles. The van der Waals surface area contributed by atoms with Crippen LogP contribution in [0.4, 0.5) is 4.79 Å². The Kier molecular flexibility index (Phi) is 5.47. The van der Waals surface area contributed by atoms with Gasteiger partial charge in [0.25, 0.3) is 0 Å². The number of carbonyl (C=O) groups excluding carboxylic acids is 3. The summed E-state index contributed by atoms with van der Waals surface area (Å²) in [7, 11) is 0. The molecule has 1 heterocycles. The first kappa shape index (κ1) is 19.4. The highest BCUT2D eigenvalue weighted by molar-refractivity contribution is 6.13. The number of nitrogens with zero attached hydrogens (tertiary/aromatic N) is 1. The number of ether oxygens (including phenoxy) is 1. The topological polar surface area (TPSA) is 63.7 Å². The Morgan fingerprint density at radius 2 is 1.62 bits per heavy atom. The van der Waals surface area contributed by atoms with Gasteiger partial charge in [0.15, 0.2) is 5.78 Å². The van der Waals surface area contributed by atoms with E-state index in [1.807, 2.05) is 36.4 Å². The molecule has 0 spiro atoms. The number of imide groups is 1. The van der Waals surface area contributed by atoms with Gasteiger partial charge in [0.1, 0.15) is 12.6 Å². The largest absolute Gasteiger partial charge is 0.448 e. The number of unbranched alkanes of at least 4 members (excludes halogenated alkanes) is 2. The highest BCUT2D eigenvalue weighted by atomic mass is 16.6. The van der Waals surface area contributed by atoms with Crippen LogP contribution in [0.1, 0.15) is 56.1 Å². The molecular formula is C24H25NO4. The molecule has 1 fully saturated rings. The number of rotatable bonds is 6. The van der Waals surface area contributed by atoms with Crippen molar-refractivity contribution in [2.24, 2.45) is 0 Å². The van der Waals surface area contributed by atoms with E-state index >= 15 is 0 Å². The third-order valence-electron chi connectivity index (χ3n) is 5.89. The van der Waals surface area contributed by atoms with Gasteiger partial charge in [-0.2, -0.15) is 0 Å². The SMILES string of the molecule is CCCCC[C@H]1C(=O)CC(=O)N1C(=O)OCC1c2ccccc2-c2ccccc21. The minimum absolute atomic E-state index is 0.0710. The van der Waals surface area contributed by atoms with Gasteiger partial charge < -0.3 is 4.74 Å². The molecule has 150 valence electrons. The van der Waals surface area contributed by atoms with Gasteiger partial charge in [-0.05, 0) is 28.7 Å². The van der Waals surface area contributed by atoms with Gasteiger partial charge >= 0.3 is 6.09 Å². The summed E-state index contributed by atoms with van der Waals surface area (Å²) in [5, 5.41) is 0. The number of hydrogen-bond acceptors (Lipinski definition) is 4.